The summed E-state index contributed by atoms with van der Waals surface area (Å²) in [4.78, 5) is 14.5. The van der Waals surface area contributed by atoms with Gasteiger partial charge in [0.25, 0.3) is 0 Å². The third kappa shape index (κ3) is 2.74. The van der Waals surface area contributed by atoms with Gasteiger partial charge in [0.2, 0.25) is 0 Å². The Bertz CT molecular complexity index is 449. The zero-order valence-electron chi connectivity index (χ0n) is 9.04. The van der Waals surface area contributed by atoms with Crippen LogP contribution in [0.5, 0.6) is 0 Å². The third-order valence-electron chi connectivity index (χ3n) is 1.81. The summed E-state index contributed by atoms with van der Waals surface area (Å²) < 4.78 is 4.94. The maximum atomic E-state index is 10.4. The molecule has 5 heteroatoms. The van der Waals surface area contributed by atoms with Gasteiger partial charge >= 0.3 is 0 Å². The van der Waals surface area contributed by atoms with Gasteiger partial charge in [-0.1, -0.05) is 11.2 Å². The van der Waals surface area contributed by atoms with Gasteiger partial charge in [-0.05, 0) is 18.6 Å². The summed E-state index contributed by atoms with van der Waals surface area (Å²) in [7, 11) is 1.00. The van der Waals surface area contributed by atoms with Crippen molar-refractivity contribution in [2.24, 2.45) is 0 Å². The second-order valence-electron chi connectivity index (χ2n) is 2.95. The van der Waals surface area contributed by atoms with Crippen molar-refractivity contribution in [1.82, 2.24) is 10.1 Å². The molecule has 0 aliphatic heterocycles. The van der Waals surface area contributed by atoms with E-state index >= 15 is 0 Å². The normalized spacial score (nSPS) is 9.19. The summed E-state index contributed by atoms with van der Waals surface area (Å²) in [6.07, 6.45) is 2.37. The highest BCUT2D eigenvalue weighted by atomic mass is 16.5. The molecule has 2 rings (SSSR count). The minimum absolute atomic E-state index is 0.280. The molecule has 0 amide bonds. The van der Waals surface area contributed by atoms with Crippen LogP contribution in [0.25, 0.3) is 11.5 Å². The number of nitrogens with zero attached hydrogens (tertiary/aromatic N) is 2. The number of rotatable bonds is 2. The minimum atomic E-state index is 0.280. The number of aliphatic hydroxyl groups excluding tert-OH is 1. The molecule has 1 N–H and O–H groups in total. The lowest BCUT2D eigenvalue weighted by Gasteiger charge is -1.93. The summed E-state index contributed by atoms with van der Waals surface area (Å²) in [5, 5.41) is 10.6. The quantitative estimate of drug-likeness (QED) is 0.775. The largest absolute Gasteiger partial charge is 0.400 e. The molecule has 2 aromatic heterocycles. The zero-order valence-corrected chi connectivity index (χ0v) is 9.04. The first kappa shape index (κ1) is 12.1. The monoisotopic (exact) mass is 220 g/mol. The Morgan fingerprint density at radius 3 is 2.62 bits per heavy atom. The number of aldehydes is 1. The average molecular weight is 220 g/mol. The summed E-state index contributed by atoms with van der Waals surface area (Å²) >= 11 is 0. The number of hydrogen-bond donors (Lipinski definition) is 1. The molecule has 0 radical (unpaired) electrons. The molecule has 84 valence electrons. The lowest BCUT2D eigenvalue weighted by molar-refractivity contribution is 0.111. The summed E-state index contributed by atoms with van der Waals surface area (Å²) in [6.45, 7) is 1.95. The Kier molecular flexibility index (Phi) is 4.35. The first-order valence-electron chi connectivity index (χ1n) is 4.59. The predicted molar refractivity (Wildman–Crippen MR) is 58.0 cm³/mol. The number of aliphatic hydroxyl groups is 1. The molecule has 0 bridgehead atoms. The topological polar surface area (TPSA) is 76.2 Å². The smallest absolute Gasteiger partial charge is 0.185 e. The fraction of sp³-hybridized carbons (Fsp3) is 0.182. The maximum absolute atomic E-state index is 10.4. The van der Waals surface area contributed by atoms with Crippen LogP contribution in [0.2, 0.25) is 0 Å². The van der Waals surface area contributed by atoms with E-state index in [0.717, 1.165) is 12.7 Å². The van der Waals surface area contributed by atoms with Crippen LogP contribution in [-0.4, -0.2) is 28.6 Å². The van der Waals surface area contributed by atoms with Crippen molar-refractivity contribution in [1.29, 1.82) is 0 Å². The summed E-state index contributed by atoms with van der Waals surface area (Å²) in [5.74, 6) is 0.507. The number of aryl methyl sites for hydroxylation is 1. The van der Waals surface area contributed by atoms with Gasteiger partial charge in [-0.25, -0.2) is 0 Å². The third-order valence-corrected chi connectivity index (χ3v) is 1.81. The van der Waals surface area contributed by atoms with E-state index in [9.17, 15) is 4.79 Å². The molecule has 0 aliphatic rings. The van der Waals surface area contributed by atoms with Crippen molar-refractivity contribution in [3.63, 3.8) is 0 Å². The van der Waals surface area contributed by atoms with Crippen molar-refractivity contribution in [3.8, 4) is 11.5 Å². The first-order chi connectivity index (χ1) is 7.79. The molecule has 0 aliphatic carbocycles. The molecule has 0 saturated heterocycles. The van der Waals surface area contributed by atoms with E-state index in [1.54, 1.807) is 12.3 Å². The van der Waals surface area contributed by atoms with Crippen LogP contribution in [0.3, 0.4) is 0 Å². The van der Waals surface area contributed by atoms with Crippen LogP contribution in [0.1, 0.15) is 16.1 Å². The molecule has 2 heterocycles. The van der Waals surface area contributed by atoms with Crippen LogP contribution in [0.15, 0.2) is 28.9 Å². The highest BCUT2D eigenvalue weighted by Gasteiger charge is 2.06. The highest BCUT2D eigenvalue weighted by molar-refractivity contribution is 5.73. The van der Waals surface area contributed by atoms with Crippen LogP contribution < -0.4 is 0 Å². The molecule has 0 saturated carbocycles. The van der Waals surface area contributed by atoms with Gasteiger partial charge in [-0.15, -0.1) is 0 Å². The number of hydrogen-bond acceptors (Lipinski definition) is 5. The van der Waals surface area contributed by atoms with Crippen LogP contribution >= 0.6 is 0 Å². The molecule has 2 aromatic rings. The van der Waals surface area contributed by atoms with Crippen molar-refractivity contribution in [3.05, 3.63) is 35.7 Å². The molecule has 5 nitrogen and oxygen atoms in total. The second kappa shape index (κ2) is 5.77. The number of pyridine rings is 1. The number of carbonyl (C=O) groups excluding carboxylic acids is 1. The maximum Gasteiger partial charge on any atom is 0.185 e. The first-order valence-corrected chi connectivity index (χ1v) is 4.59. The fourth-order valence-electron chi connectivity index (χ4n) is 1.08. The van der Waals surface area contributed by atoms with Crippen molar-refractivity contribution < 1.29 is 14.4 Å². The predicted octanol–water partition coefficient (Wildman–Crippen LogP) is 1.47. The van der Waals surface area contributed by atoms with E-state index < -0.39 is 0 Å². The van der Waals surface area contributed by atoms with Gasteiger partial charge in [-0.2, -0.15) is 0 Å². The SMILES string of the molecule is CO.Cc1ccc(-c2cc(C=O)no2)nc1. The molecule has 0 atom stereocenters. The van der Waals surface area contributed by atoms with E-state index in [2.05, 4.69) is 10.1 Å². The van der Waals surface area contributed by atoms with Gasteiger partial charge in [0.15, 0.2) is 12.0 Å². The number of aromatic nitrogens is 2. The molecule has 0 fully saturated rings. The lowest BCUT2D eigenvalue weighted by Crippen LogP contribution is -1.81. The van der Waals surface area contributed by atoms with Crippen molar-refractivity contribution in [2.45, 2.75) is 6.92 Å². The summed E-state index contributed by atoms with van der Waals surface area (Å²) in [6, 6.07) is 5.31. The van der Waals surface area contributed by atoms with Gasteiger partial charge in [0.05, 0.1) is 0 Å². The van der Waals surface area contributed by atoms with Crippen LogP contribution in [-0.2, 0) is 0 Å². The molecule has 0 aromatic carbocycles. The second-order valence-corrected chi connectivity index (χ2v) is 2.95. The molecule has 0 spiro atoms. The Labute approximate surface area is 92.7 Å². The van der Waals surface area contributed by atoms with Gasteiger partial charge in [0, 0.05) is 19.4 Å². The van der Waals surface area contributed by atoms with Gasteiger partial charge in [-0.3, -0.25) is 9.78 Å². The standard InChI is InChI=1S/C10H8N2O2.CH4O/c1-7-2-3-9(11-5-7)10-4-8(6-13)12-14-10;1-2/h2-6H,1H3;2H,1H3. The Morgan fingerprint density at radius 1 is 1.38 bits per heavy atom. The van der Waals surface area contributed by atoms with E-state index in [0.29, 0.717) is 17.7 Å². The molecule has 0 unspecified atom stereocenters. The van der Waals surface area contributed by atoms with Crippen molar-refractivity contribution >= 4 is 6.29 Å². The Hall–Kier alpha value is -2.01. The van der Waals surface area contributed by atoms with Gasteiger partial charge in [0.1, 0.15) is 11.4 Å². The van der Waals surface area contributed by atoms with E-state index in [1.807, 2.05) is 19.1 Å². The fourth-order valence-corrected chi connectivity index (χ4v) is 1.08. The van der Waals surface area contributed by atoms with Crippen molar-refractivity contribution in [2.75, 3.05) is 7.11 Å². The highest BCUT2D eigenvalue weighted by Crippen LogP contribution is 2.17. The van der Waals surface area contributed by atoms with E-state index in [-0.39, 0.29) is 5.69 Å². The van der Waals surface area contributed by atoms with Crippen LogP contribution in [0, 0.1) is 6.92 Å². The number of carbonyl (C=O) groups is 1. The van der Waals surface area contributed by atoms with Crippen LogP contribution in [0.4, 0.5) is 0 Å². The summed E-state index contributed by atoms with van der Waals surface area (Å²) in [5.41, 5.74) is 2.03. The molecular formula is C11H12N2O3. The minimum Gasteiger partial charge on any atom is -0.400 e. The molecular weight excluding hydrogens is 208 g/mol. The van der Waals surface area contributed by atoms with Gasteiger partial charge < -0.3 is 9.63 Å². The van der Waals surface area contributed by atoms with E-state index in [1.165, 1.54) is 0 Å². The lowest BCUT2D eigenvalue weighted by atomic mass is 10.2. The Balaban J connectivity index is 0.000000606. The molecule has 16 heavy (non-hydrogen) atoms. The average Bonchev–Trinajstić information content (AvgIpc) is 2.81. The van der Waals surface area contributed by atoms with E-state index in [4.69, 9.17) is 9.63 Å². The zero-order chi connectivity index (χ0) is 12.0. The Morgan fingerprint density at radius 2 is 2.12 bits per heavy atom.